The molecule has 0 spiro atoms. The van der Waals surface area contributed by atoms with Crippen molar-refractivity contribution in [3.8, 4) is 5.75 Å². The molecule has 1 N–H and O–H groups in total. The number of aryl methyl sites for hydroxylation is 2. The average Bonchev–Trinajstić information content (AvgIpc) is 3.07. The Hall–Kier alpha value is -4.63. The molecular weight excluding hydrogens is 598 g/mol. The third-order valence-electron chi connectivity index (χ3n) is 8.00. The maximum atomic E-state index is 14.7. The summed E-state index contributed by atoms with van der Waals surface area (Å²) in [6.07, 6.45) is 0.955. The van der Waals surface area contributed by atoms with E-state index in [2.05, 4.69) is 5.32 Å². The van der Waals surface area contributed by atoms with Crippen LogP contribution in [0.5, 0.6) is 5.75 Å². The summed E-state index contributed by atoms with van der Waals surface area (Å²) in [6, 6.07) is 29.4. The van der Waals surface area contributed by atoms with Crippen molar-refractivity contribution >= 4 is 27.5 Å². The van der Waals surface area contributed by atoms with E-state index in [1.54, 1.807) is 37.4 Å². The van der Waals surface area contributed by atoms with Gasteiger partial charge in [-0.25, -0.2) is 8.42 Å². The second kappa shape index (κ2) is 15.6. The maximum absolute atomic E-state index is 14.7. The fraction of sp³-hybridized carbons (Fsp3) is 0.297. The van der Waals surface area contributed by atoms with Gasteiger partial charge in [0.05, 0.1) is 17.7 Å². The van der Waals surface area contributed by atoms with Gasteiger partial charge < -0.3 is 15.0 Å². The van der Waals surface area contributed by atoms with Gasteiger partial charge in [-0.2, -0.15) is 0 Å². The summed E-state index contributed by atoms with van der Waals surface area (Å²) in [5.41, 5.74) is 3.57. The van der Waals surface area contributed by atoms with Crippen molar-refractivity contribution < 1.29 is 22.7 Å². The van der Waals surface area contributed by atoms with Crippen molar-refractivity contribution in [2.75, 3.05) is 18.0 Å². The van der Waals surface area contributed by atoms with Crippen LogP contribution in [0.4, 0.5) is 5.69 Å². The van der Waals surface area contributed by atoms with Crippen molar-refractivity contribution in [2.45, 2.75) is 64.1 Å². The normalized spacial score (nSPS) is 12.5. The minimum absolute atomic E-state index is 0.0630. The zero-order chi connectivity index (χ0) is 33.3. The molecule has 0 radical (unpaired) electrons. The number of ether oxygens (including phenoxy) is 1. The van der Waals surface area contributed by atoms with E-state index in [0.717, 1.165) is 21.0 Å². The molecule has 0 aliphatic carbocycles. The van der Waals surface area contributed by atoms with Gasteiger partial charge in [0.25, 0.3) is 10.0 Å². The van der Waals surface area contributed by atoms with Gasteiger partial charge in [0.2, 0.25) is 11.8 Å². The Bertz CT molecular complexity index is 1730. The Morgan fingerprint density at radius 3 is 2.15 bits per heavy atom. The van der Waals surface area contributed by atoms with E-state index in [1.165, 1.54) is 17.0 Å². The second-order valence-electron chi connectivity index (χ2n) is 11.5. The Kier molecular flexibility index (Phi) is 11.6. The highest BCUT2D eigenvalue weighted by Gasteiger charge is 2.35. The fourth-order valence-electron chi connectivity index (χ4n) is 5.18. The molecule has 2 atom stereocenters. The van der Waals surface area contributed by atoms with Gasteiger partial charge in [-0.3, -0.25) is 13.9 Å². The van der Waals surface area contributed by atoms with Gasteiger partial charge in [-0.1, -0.05) is 79.7 Å². The highest BCUT2D eigenvalue weighted by atomic mass is 32.2. The largest absolute Gasteiger partial charge is 0.497 e. The molecule has 0 bridgehead atoms. The van der Waals surface area contributed by atoms with Crippen LogP contribution >= 0.6 is 0 Å². The second-order valence-corrected chi connectivity index (χ2v) is 13.4. The van der Waals surface area contributed by atoms with Crippen LogP contribution in [0, 0.1) is 13.8 Å². The van der Waals surface area contributed by atoms with Gasteiger partial charge in [0.1, 0.15) is 18.3 Å². The lowest BCUT2D eigenvalue weighted by molar-refractivity contribution is -0.140. The van der Waals surface area contributed by atoms with Crippen LogP contribution in [-0.4, -0.2) is 50.9 Å². The quantitative estimate of drug-likeness (QED) is 0.181. The summed E-state index contributed by atoms with van der Waals surface area (Å²) in [5, 5.41) is 3.06. The molecule has 4 rings (SSSR count). The van der Waals surface area contributed by atoms with Crippen molar-refractivity contribution in [3.63, 3.8) is 0 Å². The zero-order valence-electron chi connectivity index (χ0n) is 27.1. The Labute approximate surface area is 273 Å². The molecule has 4 aromatic carbocycles. The van der Waals surface area contributed by atoms with Gasteiger partial charge in [-0.15, -0.1) is 0 Å². The molecule has 46 heavy (non-hydrogen) atoms. The number of rotatable bonds is 14. The molecule has 0 heterocycles. The van der Waals surface area contributed by atoms with E-state index >= 15 is 0 Å². The van der Waals surface area contributed by atoms with Crippen LogP contribution in [0.25, 0.3) is 0 Å². The number of nitrogens with one attached hydrogen (secondary N) is 1. The molecule has 2 amide bonds. The molecule has 0 fully saturated rings. The van der Waals surface area contributed by atoms with E-state index in [9.17, 15) is 18.0 Å². The molecular formula is C37H43N3O5S. The highest BCUT2D eigenvalue weighted by Crippen LogP contribution is 2.29. The third kappa shape index (κ3) is 8.54. The van der Waals surface area contributed by atoms with E-state index in [0.29, 0.717) is 23.4 Å². The molecule has 242 valence electrons. The summed E-state index contributed by atoms with van der Waals surface area (Å²) in [5.74, 6) is -0.209. The first-order valence-corrected chi connectivity index (χ1v) is 16.9. The number of anilines is 1. The van der Waals surface area contributed by atoms with Crippen LogP contribution in [0.1, 0.15) is 42.5 Å². The standard InChI is InChI=1S/C37H43N3O5S/c1-6-29(4)38-37(42)35(24-30-14-9-7-10-15-30)39(25-31-16-13-17-32(23-31)45-5)36(41)26-40(34-22-27(2)20-21-28(34)3)46(43,44)33-18-11-8-12-19-33/h7-23,29,35H,6,24-26H2,1-5H3,(H,38,42). The summed E-state index contributed by atoms with van der Waals surface area (Å²) < 4.78 is 35.1. The molecule has 4 aromatic rings. The third-order valence-corrected chi connectivity index (χ3v) is 9.78. The SMILES string of the molecule is CCC(C)NC(=O)C(Cc1ccccc1)N(Cc1cccc(OC)c1)C(=O)CN(c1cc(C)ccc1C)S(=O)(=O)c1ccccc1. The van der Waals surface area contributed by atoms with E-state index in [-0.39, 0.29) is 29.8 Å². The number of carbonyl (C=O) groups is 2. The lowest BCUT2D eigenvalue weighted by Crippen LogP contribution is -2.54. The van der Waals surface area contributed by atoms with E-state index in [4.69, 9.17) is 4.74 Å². The van der Waals surface area contributed by atoms with Crippen LogP contribution in [-0.2, 0) is 32.6 Å². The maximum Gasteiger partial charge on any atom is 0.264 e. The molecule has 9 heteroatoms. The number of benzene rings is 4. The molecule has 8 nitrogen and oxygen atoms in total. The number of methoxy groups -OCH3 is 1. The van der Waals surface area contributed by atoms with Crippen molar-refractivity contribution in [1.29, 1.82) is 0 Å². The van der Waals surface area contributed by atoms with E-state index in [1.807, 2.05) is 88.4 Å². The van der Waals surface area contributed by atoms with E-state index < -0.39 is 28.5 Å². The number of carbonyl (C=O) groups excluding carboxylic acids is 2. The molecule has 0 aliphatic rings. The predicted octanol–water partition coefficient (Wildman–Crippen LogP) is 6.06. The van der Waals surface area contributed by atoms with Crippen molar-refractivity contribution in [1.82, 2.24) is 10.2 Å². The summed E-state index contributed by atoms with van der Waals surface area (Å²) in [7, 11) is -2.60. The van der Waals surface area contributed by atoms with Crippen LogP contribution in [0.2, 0.25) is 0 Å². The molecule has 0 saturated carbocycles. The smallest absolute Gasteiger partial charge is 0.264 e. The molecule has 0 aliphatic heterocycles. The van der Waals surface area contributed by atoms with Crippen LogP contribution in [0.3, 0.4) is 0 Å². The fourth-order valence-corrected chi connectivity index (χ4v) is 6.68. The first-order valence-electron chi connectivity index (χ1n) is 15.4. The first kappa shape index (κ1) is 34.2. The van der Waals surface area contributed by atoms with Crippen molar-refractivity contribution in [2.24, 2.45) is 0 Å². The monoisotopic (exact) mass is 641 g/mol. The number of hydrogen-bond donors (Lipinski definition) is 1. The number of hydrogen-bond acceptors (Lipinski definition) is 5. The Morgan fingerprint density at radius 2 is 1.50 bits per heavy atom. The highest BCUT2D eigenvalue weighted by molar-refractivity contribution is 7.92. The topological polar surface area (TPSA) is 96.0 Å². The molecule has 2 unspecified atom stereocenters. The minimum atomic E-state index is -4.17. The van der Waals surface area contributed by atoms with Crippen molar-refractivity contribution in [3.05, 3.63) is 125 Å². The predicted molar refractivity (Wildman–Crippen MR) is 182 cm³/mol. The first-order chi connectivity index (χ1) is 22.0. The summed E-state index contributed by atoms with van der Waals surface area (Å²) >= 11 is 0. The molecule has 0 saturated heterocycles. The number of sulfonamides is 1. The summed E-state index contributed by atoms with van der Waals surface area (Å²) in [6.45, 7) is 7.15. The zero-order valence-corrected chi connectivity index (χ0v) is 28.0. The number of amides is 2. The molecule has 0 aromatic heterocycles. The number of nitrogens with zero attached hydrogens (tertiary/aromatic N) is 2. The lowest BCUT2D eigenvalue weighted by atomic mass is 10.0. The van der Waals surface area contributed by atoms with Crippen LogP contribution in [0.15, 0.2) is 108 Å². The van der Waals surface area contributed by atoms with Gasteiger partial charge in [0.15, 0.2) is 0 Å². The minimum Gasteiger partial charge on any atom is -0.497 e. The average molecular weight is 642 g/mol. The lowest BCUT2D eigenvalue weighted by Gasteiger charge is -2.34. The van der Waals surface area contributed by atoms with Crippen LogP contribution < -0.4 is 14.4 Å². The van der Waals surface area contributed by atoms with Gasteiger partial charge >= 0.3 is 0 Å². The summed E-state index contributed by atoms with van der Waals surface area (Å²) in [4.78, 5) is 30.2. The van der Waals surface area contributed by atoms with Gasteiger partial charge in [-0.05, 0) is 79.8 Å². The Morgan fingerprint density at radius 1 is 0.848 bits per heavy atom. The Balaban J connectivity index is 1.84. The van der Waals surface area contributed by atoms with Gasteiger partial charge in [0, 0.05) is 19.0 Å².